The largest absolute Gasteiger partial charge is 0.478 e. The first kappa shape index (κ1) is 33.5. The van der Waals surface area contributed by atoms with Gasteiger partial charge >= 0.3 is 6.18 Å². The smallest absolute Gasteiger partial charge is 0.416 e. The van der Waals surface area contributed by atoms with Gasteiger partial charge in [-0.2, -0.15) is 13.2 Å². The van der Waals surface area contributed by atoms with Crippen LogP contribution in [0.5, 0.6) is 17.5 Å². The SMILES string of the molecule is CCOc1ccc(CN2CCN(C(=O)c3cc4cc(Oc5ccc(N(C)C(=O)c6ccc(C(F)(F)F)cc6)cn5)ccc4n3C)CC2)cn1. The Balaban J connectivity index is 1.06. The molecule has 0 bridgehead atoms. The summed E-state index contributed by atoms with van der Waals surface area (Å²) in [6.45, 7) is 6.00. The molecule has 49 heavy (non-hydrogen) atoms. The van der Waals surface area contributed by atoms with Crippen LogP contribution in [0.25, 0.3) is 10.9 Å². The lowest BCUT2D eigenvalue weighted by molar-refractivity contribution is -0.137. The van der Waals surface area contributed by atoms with E-state index in [9.17, 15) is 22.8 Å². The highest BCUT2D eigenvalue weighted by Crippen LogP contribution is 2.30. The molecule has 0 N–H and O–H groups in total. The molecule has 0 aliphatic carbocycles. The summed E-state index contributed by atoms with van der Waals surface area (Å²) in [7, 11) is 3.38. The fourth-order valence-electron chi connectivity index (χ4n) is 5.73. The van der Waals surface area contributed by atoms with Gasteiger partial charge in [-0.15, -0.1) is 0 Å². The van der Waals surface area contributed by atoms with Gasteiger partial charge in [-0.05, 0) is 67.1 Å². The Morgan fingerprint density at radius 2 is 1.59 bits per heavy atom. The number of hydrogen-bond donors (Lipinski definition) is 0. The van der Waals surface area contributed by atoms with E-state index in [0.717, 1.165) is 60.4 Å². The molecule has 0 saturated carbocycles. The molecule has 5 aromatic rings. The summed E-state index contributed by atoms with van der Waals surface area (Å²) >= 11 is 0. The number of ether oxygens (including phenoxy) is 2. The lowest BCUT2D eigenvalue weighted by atomic mass is 10.1. The van der Waals surface area contributed by atoms with Crippen LogP contribution >= 0.6 is 0 Å². The average molecular weight is 673 g/mol. The molecule has 6 rings (SSSR count). The highest BCUT2D eigenvalue weighted by Gasteiger charge is 2.30. The van der Waals surface area contributed by atoms with Crippen LogP contribution in [0.15, 0.2) is 85.2 Å². The maximum Gasteiger partial charge on any atom is 0.416 e. The molecule has 0 spiro atoms. The van der Waals surface area contributed by atoms with Crippen LogP contribution < -0.4 is 14.4 Å². The zero-order valence-corrected chi connectivity index (χ0v) is 27.3. The molecule has 0 atom stereocenters. The fourth-order valence-corrected chi connectivity index (χ4v) is 5.73. The number of pyridine rings is 2. The monoisotopic (exact) mass is 672 g/mol. The first-order chi connectivity index (χ1) is 23.5. The van der Waals surface area contributed by atoms with Crippen LogP contribution in [0, 0.1) is 0 Å². The van der Waals surface area contributed by atoms with E-state index in [2.05, 4.69) is 14.9 Å². The van der Waals surface area contributed by atoms with Crippen LogP contribution in [-0.4, -0.2) is 76.0 Å². The highest BCUT2D eigenvalue weighted by atomic mass is 19.4. The molecule has 1 aliphatic rings. The van der Waals surface area contributed by atoms with Crippen molar-refractivity contribution in [2.75, 3.05) is 44.7 Å². The van der Waals surface area contributed by atoms with Crippen molar-refractivity contribution < 1.29 is 32.2 Å². The van der Waals surface area contributed by atoms with E-state index in [1.165, 1.54) is 18.1 Å². The first-order valence-electron chi connectivity index (χ1n) is 15.8. The Labute approximate surface area is 281 Å². The van der Waals surface area contributed by atoms with E-state index < -0.39 is 17.6 Å². The third-order valence-electron chi connectivity index (χ3n) is 8.48. The third-order valence-corrected chi connectivity index (χ3v) is 8.48. The van der Waals surface area contributed by atoms with Gasteiger partial charge < -0.3 is 23.8 Å². The van der Waals surface area contributed by atoms with Crippen molar-refractivity contribution in [3.05, 3.63) is 108 Å². The number of nitrogens with zero attached hydrogens (tertiary/aromatic N) is 6. The van der Waals surface area contributed by atoms with Crippen LogP contribution in [0.3, 0.4) is 0 Å². The molecule has 2 aromatic carbocycles. The van der Waals surface area contributed by atoms with Crippen molar-refractivity contribution in [1.82, 2.24) is 24.3 Å². The number of amides is 2. The molecule has 13 heteroatoms. The van der Waals surface area contributed by atoms with Crippen LogP contribution in [0.2, 0.25) is 0 Å². The van der Waals surface area contributed by atoms with Crippen LogP contribution in [0.1, 0.15) is 38.9 Å². The number of halogens is 3. The minimum atomic E-state index is -4.48. The minimum absolute atomic E-state index is 0.0317. The van der Waals surface area contributed by atoms with E-state index in [1.54, 1.807) is 18.2 Å². The van der Waals surface area contributed by atoms with Gasteiger partial charge in [0.1, 0.15) is 11.4 Å². The molecule has 0 radical (unpaired) electrons. The Morgan fingerprint density at radius 3 is 2.22 bits per heavy atom. The van der Waals surface area contributed by atoms with E-state index in [-0.39, 0.29) is 17.4 Å². The van der Waals surface area contributed by atoms with Crippen molar-refractivity contribution >= 4 is 28.4 Å². The molecular formula is C36H35F3N6O4. The number of carbonyl (C=O) groups excluding carboxylic acids is 2. The summed E-state index contributed by atoms with van der Waals surface area (Å²) in [6, 6.07) is 18.6. The molecule has 1 fully saturated rings. The summed E-state index contributed by atoms with van der Waals surface area (Å²) in [6.07, 6.45) is -1.20. The fraction of sp³-hybridized carbons (Fsp3) is 0.278. The van der Waals surface area contributed by atoms with Gasteiger partial charge in [-0.3, -0.25) is 14.5 Å². The third kappa shape index (κ3) is 7.51. The second-order valence-electron chi connectivity index (χ2n) is 11.7. The Bertz CT molecular complexity index is 1940. The number of benzene rings is 2. The lowest BCUT2D eigenvalue weighted by Gasteiger charge is -2.34. The number of fused-ring (bicyclic) bond motifs is 1. The van der Waals surface area contributed by atoms with Crippen molar-refractivity contribution in [1.29, 1.82) is 0 Å². The summed E-state index contributed by atoms with van der Waals surface area (Å²) in [4.78, 5) is 40.5. The number of anilines is 1. The molecular weight excluding hydrogens is 637 g/mol. The highest BCUT2D eigenvalue weighted by molar-refractivity contribution is 6.05. The van der Waals surface area contributed by atoms with Crippen molar-refractivity contribution in [3.63, 3.8) is 0 Å². The van der Waals surface area contributed by atoms with E-state index >= 15 is 0 Å². The van der Waals surface area contributed by atoms with Gasteiger partial charge in [-0.25, -0.2) is 9.97 Å². The van der Waals surface area contributed by atoms with E-state index in [1.807, 2.05) is 60.0 Å². The van der Waals surface area contributed by atoms with Crippen LogP contribution in [-0.2, 0) is 19.8 Å². The maximum atomic E-state index is 13.6. The first-order valence-corrected chi connectivity index (χ1v) is 15.8. The van der Waals surface area contributed by atoms with Crippen molar-refractivity contribution in [3.8, 4) is 17.5 Å². The quantitative estimate of drug-likeness (QED) is 0.179. The molecule has 0 unspecified atom stereocenters. The molecule has 4 heterocycles. The Morgan fingerprint density at radius 1 is 0.878 bits per heavy atom. The number of aryl methyl sites for hydroxylation is 1. The number of hydrogen-bond acceptors (Lipinski definition) is 7. The molecule has 3 aromatic heterocycles. The summed E-state index contributed by atoms with van der Waals surface area (Å²) < 4.78 is 51.9. The second-order valence-corrected chi connectivity index (χ2v) is 11.7. The average Bonchev–Trinajstić information content (AvgIpc) is 3.43. The number of carbonyl (C=O) groups is 2. The number of piperazine rings is 1. The normalized spacial score (nSPS) is 13.8. The van der Waals surface area contributed by atoms with E-state index in [4.69, 9.17) is 9.47 Å². The summed E-state index contributed by atoms with van der Waals surface area (Å²) in [5.74, 6) is 0.902. The number of aromatic nitrogens is 3. The Hall–Kier alpha value is -5.43. The number of alkyl halides is 3. The molecule has 2 amide bonds. The van der Waals surface area contributed by atoms with Gasteiger partial charge in [0.25, 0.3) is 11.8 Å². The van der Waals surface area contributed by atoms with Gasteiger partial charge in [0.15, 0.2) is 0 Å². The zero-order chi connectivity index (χ0) is 34.7. The maximum absolute atomic E-state index is 13.6. The molecule has 1 saturated heterocycles. The summed E-state index contributed by atoms with van der Waals surface area (Å²) in [5.41, 5.74) is 2.29. The molecule has 10 nitrogen and oxygen atoms in total. The van der Waals surface area contributed by atoms with Crippen molar-refractivity contribution in [2.24, 2.45) is 7.05 Å². The van der Waals surface area contributed by atoms with Gasteiger partial charge in [0.2, 0.25) is 11.8 Å². The predicted molar refractivity (Wildman–Crippen MR) is 178 cm³/mol. The molecule has 1 aliphatic heterocycles. The predicted octanol–water partition coefficient (Wildman–Crippen LogP) is 6.41. The van der Waals surface area contributed by atoms with Gasteiger partial charge in [0.05, 0.1) is 24.1 Å². The van der Waals surface area contributed by atoms with Crippen LogP contribution in [0.4, 0.5) is 18.9 Å². The van der Waals surface area contributed by atoms with Crippen molar-refractivity contribution in [2.45, 2.75) is 19.6 Å². The van der Waals surface area contributed by atoms with E-state index in [0.29, 0.717) is 42.7 Å². The molecule has 254 valence electrons. The number of rotatable bonds is 9. The standard InChI is InChI=1S/C36H35F3N6O4/c1-4-48-32-13-5-24(21-40-32)23-44-15-17-45(18-16-44)35(47)31-20-26-19-29(11-12-30(26)43(31)3)49-33-14-10-28(22-41-33)42(2)34(46)25-6-8-27(9-7-25)36(37,38)39/h5-14,19-22H,4,15-18,23H2,1-3H3. The van der Waals surface area contributed by atoms with Gasteiger partial charge in [0, 0.05) is 81.6 Å². The Kier molecular flexibility index (Phi) is 9.54. The zero-order valence-electron chi connectivity index (χ0n) is 27.3. The minimum Gasteiger partial charge on any atom is -0.478 e. The lowest BCUT2D eigenvalue weighted by Crippen LogP contribution is -2.48. The second kappa shape index (κ2) is 14.0. The van der Waals surface area contributed by atoms with Gasteiger partial charge in [-0.1, -0.05) is 6.07 Å². The summed E-state index contributed by atoms with van der Waals surface area (Å²) in [5, 5.41) is 0.837. The topological polar surface area (TPSA) is 93.0 Å².